The molecular formula is C18H22F2N4O3. The molecule has 1 atom stereocenters. The summed E-state index contributed by atoms with van der Waals surface area (Å²) >= 11 is 0. The molecule has 146 valence electrons. The first-order valence-electron chi connectivity index (χ1n) is 8.94. The fraction of sp³-hybridized carbons (Fsp3) is 0.500. The van der Waals surface area contributed by atoms with Gasteiger partial charge in [-0.05, 0) is 37.5 Å². The Morgan fingerprint density at radius 1 is 1.26 bits per heavy atom. The third-order valence-electron chi connectivity index (χ3n) is 4.56. The maximum Gasteiger partial charge on any atom is 0.387 e. The lowest BCUT2D eigenvalue weighted by atomic mass is 10.1. The molecule has 1 aliphatic heterocycles. The van der Waals surface area contributed by atoms with Crippen molar-refractivity contribution >= 4 is 5.91 Å². The summed E-state index contributed by atoms with van der Waals surface area (Å²) in [6.45, 7) is -0.627. The van der Waals surface area contributed by atoms with Gasteiger partial charge in [0, 0.05) is 13.0 Å². The van der Waals surface area contributed by atoms with Gasteiger partial charge in [-0.3, -0.25) is 9.36 Å². The lowest BCUT2D eigenvalue weighted by Crippen LogP contribution is -2.35. The van der Waals surface area contributed by atoms with Crippen LogP contribution in [0.5, 0.6) is 5.75 Å². The number of aromatic nitrogens is 3. The second kappa shape index (κ2) is 8.32. The van der Waals surface area contributed by atoms with Gasteiger partial charge in [0.2, 0.25) is 5.91 Å². The predicted molar refractivity (Wildman–Crippen MR) is 93.7 cm³/mol. The normalized spacial score (nSPS) is 15.1. The average Bonchev–Trinajstić information content (AvgIpc) is 2.79. The van der Waals surface area contributed by atoms with E-state index in [0.717, 1.165) is 37.1 Å². The van der Waals surface area contributed by atoms with Gasteiger partial charge in [0.15, 0.2) is 0 Å². The summed E-state index contributed by atoms with van der Waals surface area (Å²) < 4.78 is 31.5. The maximum atomic E-state index is 12.4. The van der Waals surface area contributed by atoms with Crippen LogP contribution in [-0.4, -0.2) is 26.9 Å². The van der Waals surface area contributed by atoms with E-state index in [1.807, 2.05) is 0 Å². The first kappa shape index (κ1) is 19.1. The molecule has 0 saturated heterocycles. The topological polar surface area (TPSA) is 78.2 Å². The zero-order valence-corrected chi connectivity index (χ0v) is 15.0. The number of benzene rings is 1. The van der Waals surface area contributed by atoms with Crippen LogP contribution in [-0.2, 0) is 24.3 Å². The first-order valence-corrected chi connectivity index (χ1v) is 8.94. The van der Waals surface area contributed by atoms with Gasteiger partial charge >= 0.3 is 12.3 Å². The van der Waals surface area contributed by atoms with Gasteiger partial charge in [0.1, 0.15) is 18.1 Å². The Labute approximate surface area is 154 Å². The van der Waals surface area contributed by atoms with Crippen LogP contribution in [0.2, 0.25) is 0 Å². The molecule has 1 aromatic carbocycles. The van der Waals surface area contributed by atoms with Gasteiger partial charge in [-0.1, -0.05) is 18.6 Å². The number of halogens is 2. The maximum absolute atomic E-state index is 12.4. The molecule has 9 heteroatoms. The summed E-state index contributed by atoms with van der Waals surface area (Å²) in [7, 11) is 0. The van der Waals surface area contributed by atoms with Crippen LogP contribution in [0, 0.1) is 0 Å². The highest BCUT2D eigenvalue weighted by Gasteiger charge is 2.18. The molecule has 1 N–H and O–H groups in total. The average molecular weight is 380 g/mol. The Kier molecular flexibility index (Phi) is 5.88. The lowest BCUT2D eigenvalue weighted by Gasteiger charge is -2.15. The zero-order chi connectivity index (χ0) is 19.4. The van der Waals surface area contributed by atoms with Crippen LogP contribution in [0.1, 0.15) is 43.6 Å². The number of amides is 1. The summed E-state index contributed by atoms with van der Waals surface area (Å²) in [5.74, 6) is 0.442. The van der Waals surface area contributed by atoms with Crippen molar-refractivity contribution in [2.75, 3.05) is 0 Å². The fourth-order valence-corrected chi connectivity index (χ4v) is 3.17. The van der Waals surface area contributed by atoms with E-state index in [1.165, 1.54) is 16.8 Å². The van der Waals surface area contributed by atoms with Crippen LogP contribution >= 0.6 is 0 Å². The lowest BCUT2D eigenvalue weighted by molar-refractivity contribution is -0.122. The fourth-order valence-electron chi connectivity index (χ4n) is 3.17. The Bertz CT molecular complexity index is 845. The number of fused-ring (bicyclic) bond motifs is 1. The number of alkyl halides is 2. The number of hydrogen-bond donors (Lipinski definition) is 1. The molecule has 2 aromatic rings. The Morgan fingerprint density at radius 3 is 2.70 bits per heavy atom. The summed E-state index contributed by atoms with van der Waals surface area (Å²) in [6.07, 6.45) is 3.74. The van der Waals surface area contributed by atoms with Gasteiger partial charge in [0.25, 0.3) is 0 Å². The number of nitrogens with one attached hydrogen (secondary N) is 1. The van der Waals surface area contributed by atoms with Crippen molar-refractivity contribution in [1.29, 1.82) is 0 Å². The number of carbonyl (C=O) groups excluding carboxylic acids is 1. The minimum absolute atomic E-state index is 0.0540. The molecule has 0 aliphatic carbocycles. The molecule has 1 amide bonds. The van der Waals surface area contributed by atoms with Crippen molar-refractivity contribution in [2.45, 2.75) is 58.3 Å². The molecule has 1 aliphatic rings. The minimum atomic E-state index is -2.88. The zero-order valence-electron chi connectivity index (χ0n) is 15.0. The predicted octanol–water partition coefficient (Wildman–Crippen LogP) is 2.25. The molecule has 0 spiro atoms. The molecule has 0 saturated carbocycles. The monoisotopic (exact) mass is 380 g/mol. The third-order valence-corrected chi connectivity index (χ3v) is 4.56. The standard InChI is InChI=1S/C18H22F2N4O3/c1-12(13-6-8-14(9-7-13)27-17(19)20)21-16(25)11-24-18(26)23-10-4-2-3-5-15(23)22-24/h6-9,12,17H,2-5,10-11H2,1H3,(H,21,25). The van der Waals surface area contributed by atoms with Gasteiger partial charge in [0.05, 0.1) is 6.04 Å². The van der Waals surface area contributed by atoms with Crippen molar-refractivity contribution in [3.8, 4) is 5.75 Å². The van der Waals surface area contributed by atoms with Crippen molar-refractivity contribution in [2.24, 2.45) is 0 Å². The molecule has 3 rings (SSSR count). The largest absolute Gasteiger partial charge is 0.435 e. The van der Waals surface area contributed by atoms with Crippen molar-refractivity contribution in [1.82, 2.24) is 19.7 Å². The summed E-state index contributed by atoms with van der Waals surface area (Å²) in [4.78, 5) is 24.7. The molecule has 7 nitrogen and oxygen atoms in total. The number of aryl methyl sites for hydroxylation is 1. The Hall–Kier alpha value is -2.71. The summed E-state index contributed by atoms with van der Waals surface area (Å²) in [5.41, 5.74) is 0.473. The van der Waals surface area contributed by atoms with Crippen molar-refractivity contribution in [3.63, 3.8) is 0 Å². The molecular weight excluding hydrogens is 358 g/mol. The van der Waals surface area contributed by atoms with Crippen LogP contribution in [0.25, 0.3) is 0 Å². The second-order valence-corrected chi connectivity index (χ2v) is 6.56. The third kappa shape index (κ3) is 4.72. The van der Waals surface area contributed by atoms with Gasteiger partial charge in [-0.15, -0.1) is 0 Å². The SMILES string of the molecule is CC(NC(=O)Cn1nc2n(c1=O)CCCCC2)c1ccc(OC(F)F)cc1. The van der Waals surface area contributed by atoms with E-state index in [4.69, 9.17) is 0 Å². The molecule has 27 heavy (non-hydrogen) atoms. The Morgan fingerprint density at radius 2 is 2.00 bits per heavy atom. The highest BCUT2D eigenvalue weighted by Crippen LogP contribution is 2.19. The van der Waals surface area contributed by atoms with E-state index in [-0.39, 0.29) is 29.9 Å². The van der Waals surface area contributed by atoms with Gasteiger partial charge < -0.3 is 10.1 Å². The van der Waals surface area contributed by atoms with Crippen LogP contribution < -0.4 is 15.7 Å². The van der Waals surface area contributed by atoms with Crippen molar-refractivity contribution < 1.29 is 18.3 Å². The van der Waals surface area contributed by atoms with E-state index in [9.17, 15) is 18.4 Å². The summed E-state index contributed by atoms with van der Waals surface area (Å²) in [6, 6.07) is 5.69. The van der Waals surface area contributed by atoms with E-state index >= 15 is 0 Å². The van der Waals surface area contributed by atoms with E-state index in [1.54, 1.807) is 23.6 Å². The smallest absolute Gasteiger partial charge is 0.387 e. The molecule has 0 fully saturated rings. The van der Waals surface area contributed by atoms with Crippen molar-refractivity contribution in [3.05, 3.63) is 46.1 Å². The Balaban J connectivity index is 1.61. The first-order chi connectivity index (χ1) is 12.9. The van der Waals surface area contributed by atoms with Gasteiger partial charge in [-0.2, -0.15) is 13.9 Å². The molecule has 0 radical (unpaired) electrons. The van der Waals surface area contributed by atoms with Crippen LogP contribution in [0.15, 0.2) is 29.1 Å². The number of ether oxygens (including phenoxy) is 1. The highest BCUT2D eigenvalue weighted by atomic mass is 19.3. The van der Waals surface area contributed by atoms with E-state index in [0.29, 0.717) is 6.54 Å². The number of nitrogens with zero attached hydrogens (tertiary/aromatic N) is 3. The highest BCUT2D eigenvalue weighted by molar-refractivity contribution is 5.76. The molecule has 2 heterocycles. The number of rotatable bonds is 6. The number of carbonyl (C=O) groups is 1. The second-order valence-electron chi connectivity index (χ2n) is 6.56. The minimum Gasteiger partial charge on any atom is -0.435 e. The summed E-state index contributed by atoms with van der Waals surface area (Å²) in [5, 5.41) is 7.08. The van der Waals surface area contributed by atoms with E-state index in [2.05, 4.69) is 15.2 Å². The van der Waals surface area contributed by atoms with E-state index < -0.39 is 6.61 Å². The quantitative estimate of drug-likeness (QED) is 0.834. The molecule has 1 unspecified atom stereocenters. The van der Waals surface area contributed by atoms with Gasteiger partial charge in [-0.25, -0.2) is 9.48 Å². The van der Waals surface area contributed by atoms with Crippen LogP contribution in [0.4, 0.5) is 8.78 Å². The number of hydrogen-bond acceptors (Lipinski definition) is 4. The van der Waals surface area contributed by atoms with Crippen LogP contribution in [0.3, 0.4) is 0 Å². The molecule has 0 bridgehead atoms. The molecule has 1 aromatic heterocycles.